The van der Waals surface area contributed by atoms with Gasteiger partial charge >= 0.3 is 0 Å². The van der Waals surface area contributed by atoms with Crippen LogP contribution < -0.4 is 10.6 Å². The van der Waals surface area contributed by atoms with Gasteiger partial charge in [0.25, 0.3) is 0 Å². The monoisotopic (exact) mass is 194 g/mol. The molecule has 0 aromatic heterocycles. The standard InChI is InChI=1S/C10H18N2Si/c1-2-5-13(6-3-1)7-4-9-10(13)12-8-11-9/h11-12H,1-8H2. The van der Waals surface area contributed by atoms with Gasteiger partial charge in [-0.15, -0.1) is 0 Å². The second kappa shape index (κ2) is 2.77. The summed E-state index contributed by atoms with van der Waals surface area (Å²) in [4.78, 5) is 0. The average molecular weight is 194 g/mol. The average Bonchev–Trinajstić information content (AvgIpc) is 2.73. The van der Waals surface area contributed by atoms with Crippen molar-refractivity contribution in [3.05, 3.63) is 11.0 Å². The molecule has 0 aliphatic carbocycles. The van der Waals surface area contributed by atoms with Gasteiger partial charge in [-0.2, -0.15) is 0 Å². The molecule has 1 spiro atoms. The van der Waals surface area contributed by atoms with Crippen LogP contribution in [0, 0.1) is 0 Å². The summed E-state index contributed by atoms with van der Waals surface area (Å²) in [7, 11) is -0.943. The molecule has 0 atom stereocenters. The van der Waals surface area contributed by atoms with E-state index in [0.29, 0.717) is 0 Å². The predicted molar refractivity (Wildman–Crippen MR) is 56.8 cm³/mol. The van der Waals surface area contributed by atoms with Gasteiger partial charge in [0.2, 0.25) is 0 Å². The summed E-state index contributed by atoms with van der Waals surface area (Å²) < 4.78 is 0. The Hall–Kier alpha value is -0.443. The van der Waals surface area contributed by atoms with Gasteiger partial charge in [0.15, 0.2) is 0 Å². The summed E-state index contributed by atoms with van der Waals surface area (Å²) in [6.07, 6.45) is 5.86. The van der Waals surface area contributed by atoms with E-state index in [-0.39, 0.29) is 0 Å². The molecule has 72 valence electrons. The van der Waals surface area contributed by atoms with E-state index >= 15 is 0 Å². The fourth-order valence-corrected chi connectivity index (χ4v) is 8.77. The van der Waals surface area contributed by atoms with Gasteiger partial charge in [-0.3, -0.25) is 0 Å². The fourth-order valence-electron chi connectivity index (χ4n) is 3.37. The first-order valence-electron chi connectivity index (χ1n) is 5.62. The molecule has 3 rings (SSSR count). The number of fused-ring (bicyclic) bond motifs is 1. The lowest BCUT2D eigenvalue weighted by molar-refractivity contribution is 0.697. The molecular weight excluding hydrogens is 176 g/mol. The second-order valence-electron chi connectivity index (χ2n) is 4.72. The molecule has 1 fully saturated rings. The molecule has 0 saturated carbocycles. The minimum absolute atomic E-state index is 0.943. The maximum Gasteiger partial charge on any atom is 0.110 e. The van der Waals surface area contributed by atoms with Crippen LogP contribution in [-0.2, 0) is 0 Å². The van der Waals surface area contributed by atoms with E-state index in [1.54, 1.807) is 23.1 Å². The molecule has 0 aromatic rings. The summed E-state index contributed by atoms with van der Waals surface area (Å²) in [5, 5.41) is 8.83. The molecule has 13 heavy (non-hydrogen) atoms. The third kappa shape index (κ3) is 1.06. The van der Waals surface area contributed by atoms with Crippen molar-refractivity contribution >= 4 is 8.07 Å². The van der Waals surface area contributed by atoms with Crippen molar-refractivity contribution in [2.75, 3.05) is 6.67 Å². The Balaban J connectivity index is 1.90. The molecule has 0 aromatic carbocycles. The van der Waals surface area contributed by atoms with Crippen molar-refractivity contribution in [1.29, 1.82) is 0 Å². The van der Waals surface area contributed by atoms with Crippen molar-refractivity contribution in [2.45, 2.75) is 43.8 Å². The van der Waals surface area contributed by atoms with Crippen LogP contribution >= 0.6 is 0 Å². The van der Waals surface area contributed by atoms with Crippen molar-refractivity contribution in [2.24, 2.45) is 0 Å². The van der Waals surface area contributed by atoms with E-state index in [1.807, 2.05) is 0 Å². The lowest BCUT2D eigenvalue weighted by Crippen LogP contribution is -2.41. The molecule has 1 saturated heterocycles. The molecule has 2 N–H and O–H groups in total. The molecule has 3 aliphatic rings. The second-order valence-corrected chi connectivity index (χ2v) is 9.29. The van der Waals surface area contributed by atoms with E-state index in [9.17, 15) is 0 Å². The summed E-state index contributed by atoms with van der Waals surface area (Å²) in [5.41, 5.74) is 1.59. The topological polar surface area (TPSA) is 24.1 Å². The van der Waals surface area contributed by atoms with E-state index in [1.165, 1.54) is 31.7 Å². The SMILES string of the molecule is C1CC[Si]2(CC1)CCC1=C2NCN1. The van der Waals surface area contributed by atoms with Crippen LogP contribution in [0.1, 0.15) is 25.7 Å². The van der Waals surface area contributed by atoms with Crippen LogP contribution in [0.4, 0.5) is 0 Å². The number of hydrogen-bond acceptors (Lipinski definition) is 2. The molecule has 0 bridgehead atoms. The summed E-state index contributed by atoms with van der Waals surface area (Å²) in [6, 6.07) is 4.68. The smallest absolute Gasteiger partial charge is 0.110 e. The largest absolute Gasteiger partial charge is 0.373 e. The van der Waals surface area contributed by atoms with Crippen LogP contribution in [0.15, 0.2) is 11.0 Å². The lowest BCUT2D eigenvalue weighted by atomic mass is 10.3. The number of allylic oxidation sites excluding steroid dienone is 1. The van der Waals surface area contributed by atoms with Crippen molar-refractivity contribution in [3.8, 4) is 0 Å². The summed E-state index contributed by atoms with van der Waals surface area (Å²) in [5.74, 6) is 0. The molecule has 2 nitrogen and oxygen atoms in total. The van der Waals surface area contributed by atoms with Gasteiger partial charge < -0.3 is 10.6 Å². The quantitative estimate of drug-likeness (QED) is 0.576. The highest BCUT2D eigenvalue weighted by molar-refractivity contribution is 6.87. The summed E-state index contributed by atoms with van der Waals surface area (Å²) >= 11 is 0. The Labute approximate surface area is 80.8 Å². The minimum Gasteiger partial charge on any atom is -0.373 e. The van der Waals surface area contributed by atoms with Crippen molar-refractivity contribution in [3.63, 3.8) is 0 Å². The van der Waals surface area contributed by atoms with Crippen LogP contribution in [0.25, 0.3) is 0 Å². The fraction of sp³-hybridized carbons (Fsp3) is 0.800. The first-order valence-corrected chi connectivity index (χ1v) is 8.24. The van der Waals surface area contributed by atoms with Gasteiger partial charge in [0, 0.05) is 11.0 Å². The third-order valence-corrected chi connectivity index (χ3v) is 9.43. The van der Waals surface area contributed by atoms with Crippen LogP contribution in [0.3, 0.4) is 0 Å². The van der Waals surface area contributed by atoms with Gasteiger partial charge in [0.1, 0.15) is 8.07 Å². The van der Waals surface area contributed by atoms with Gasteiger partial charge in [0.05, 0.1) is 6.67 Å². The lowest BCUT2D eigenvalue weighted by Gasteiger charge is -2.33. The first-order chi connectivity index (χ1) is 6.41. The van der Waals surface area contributed by atoms with E-state index in [2.05, 4.69) is 10.6 Å². The normalized spacial score (nSPS) is 30.2. The van der Waals surface area contributed by atoms with Crippen LogP contribution in [0.5, 0.6) is 0 Å². The number of rotatable bonds is 0. The van der Waals surface area contributed by atoms with Crippen LogP contribution in [0.2, 0.25) is 18.1 Å². The Kier molecular flexibility index (Phi) is 1.69. The van der Waals surface area contributed by atoms with Crippen molar-refractivity contribution in [1.82, 2.24) is 10.6 Å². The maximum atomic E-state index is 3.61. The molecule has 3 heterocycles. The molecule has 3 aliphatic heterocycles. The molecule has 0 amide bonds. The Morgan fingerprint density at radius 2 is 1.77 bits per heavy atom. The number of hydrogen-bond donors (Lipinski definition) is 2. The Bertz CT molecular complexity index is 254. The van der Waals surface area contributed by atoms with E-state index in [4.69, 9.17) is 0 Å². The van der Waals surface area contributed by atoms with Gasteiger partial charge in [-0.05, 0) is 12.5 Å². The molecule has 0 radical (unpaired) electrons. The van der Waals surface area contributed by atoms with E-state index < -0.39 is 8.07 Å². The van der Waals surface area contributed by atoms with Gasteiger partial charge in [-0.25, -0.2) is 0 Å². The zero-order valence-electron chi connectivity index (χ0n) is 8.16. The zero-order valence-corrected chi connectivity index (χ0v) is 9.16. The first kappa shape index (κ1) is 7.91. The molecule has 3 heteroatoms. The highest BCUT2D eigenvalue weighted by atomic mass is 28.3. The maximum absolute atomic E-state index is 3.61. The minimum atomic E-state index is -0.943. The Morgan fingerprint density at radius 3 is 2.62 bits per heavy atom. The predicted octanol–water partition coefficient (Wildman–Crippen LogP) is 1.92. The zero-order chi connectivity index (χ0) is 8.73. The third-order valence-electron chi connectivity index (χ3n) is 4.06. The van der Waals surface area contributed by atoms with Gasteiger partial charge in [-0.1, -0.05) is 31.4 Å². The number of nitrogens with one attached hydrogen (secondary N) is 2. The van der Waals surface area contributed by atoms with Crippen molar-refractivity contribution < 1.29 is 0 Å². The molecule has 0 unspecified atom stereocenters. The molecular formula is C10H18N2Si. The Morgan fingerprint density at radius 1 is 0.923 bits per heavy atom. The highest BCUT2D eigenvalue weighted by Gasteiger charge is 2.45. The van der Waals surface area contributed by atoms with E-state index in [0.717, 1.165) is 6.67 Å². The van der Waals surface area contributed by atoms with Crippen LogP contribution in [-0.4, -0.2) is 14.7 Å². The summed E-state index contributed by atoms with van der Waals surface area (Å²) in [6.45, 7) is 1.01. The highest BCUT2D eigenvalue weighted by Crippen LogP contribution is 2.44.